The first-order valence-corrected chi connectivity index (χ1v) is 21.1. The van der Waals surface area contributed by atoms with Gasteiger partial charge in [0.05, 0.1) is 18.6 Å². The molecule has 65 heavy (non-hydrogen) atoms. The molecule has 0 amide bonds. The summed E-state index contributed by atoms with van der Waals surface area (Å²) in [7, 11) is 0. The first-order chi connectivity index (χ1) is 35.5. The molecular formula is C60H55IrN3O-2. The first kappa shape index (κ1) is 33.1. The van der Waals surface area contributed by atoms with E-state index >= 15 is 0 Å². The Morgan fingerprint density at radius 3 is 2.03 bits per heavy atom. The van der Waals surface area contributed by atoms with Crippen LogP contribution in [0.3, 0.4) is 0 Å². The second kappa shape index (κ2) is 19.3. The zero-order chi connectivity index (χ0) is 55.3. The minimum Gasteiger partial charge on any atom is -0.500 e. The fourth-order valence-electron chi connectivity index (χ4n) is 7.81. The van der Waals surface area contributed by atoms with Crippen molar-refractivity contribution < 1.29 is 41.0 Å². The second-order valence-electron chi connectivity index (χ2n) is 18.0. The van der Waals surface area contributed by atoms with E-state index < -0.39 is 32.3 Å². The summed E-state index contributed by atoms with van der Waals surface area (Å²) in [4.78, 5) is 8.96. The quantitative estimate of drug-likeness (QED) is 0.149. The molecule has 0 atom stereocenters. The van der Waals surface area contributed by atoms with Crippen molar-refractivity contribution in [2.75, 3.05) is 0 Å². The second-order valence-corrected chi connectivity index (χ2v) is 18.0. The zero-order valence-electron chi connectivity index (χ0n) is 49.1. The van der Waals surface area contributed by atoms with Gasteiger partial charge in [0.1, 0.15) is 5.58 Å². The van der Waals surface area contributed by atoms with Crippen LogP contribution < -0.4 is 0 Å². The summed E-state index contributed by atoms with van der Waals surface area (Å²) in [6.45, 7) is 4.14. The fourth-order valence-corrected chi connectivity index (χ4v) is 7.81. The van der Waals surface area contributed by atoms with Gasteiger partial charge >= 0.3 is 0 Å². The Morgan fingerprint density at radius 1 is 0.662 bits per heavy atom. The van der Waals surface area contributed by atoms with Crippen molar-refractivity contribution in [3.8, 4) is 62.0 Å². The van der Waals surface area contributed by atoms with E-state index in [1.54, 1.807) is 48.7 Å². The third kappa shape index (κ3) is 10.6. The van der Waals surface area contributed by atoms with Gasteiger partial charge in [-0.25, -0.2) is 0 Å². The maximum absolute atomic E-state index is 9.94. The third-order valence-electron chi connectivity index (χ3n) is 10.5. The summed E-state index contributed by atoms with van der Waals surface area (Å²) in [5, 5.41) is 11.5. The van der Waals surface area contributed by atoms with Crippen LogP contribution in [0, 0.1) is 54.8 Å². The van der Waals surface area contributed by atoms with Gasteiger partial charge in [0.25, 0.3) is 0 Å². The van der Waals surface area contributed by atoms with E-state index in [-0.39, 0.29) is 59.4 Å². The number of furan rings is 1. The number of rotatable bonds is 7. The number of pyridine rings is 2. The number of benzene rings is 6. The molecule has 4 nitrogen and oxygen atoms in total. The maximum atomic E-state index is 9.94. The topological polar surface area (TPSA) is 62.7 Å². The van der Waals surface area contributed by atoms with Crippen LogP contribution in [0.4, 0.5) is 0 Å². The average molecular weight is 1040 g/mol. The molecule has 3 aromatic heterocycles. The molecule has 0 saturated carbocycles. The van der Waals surface area contributed by atoms with E-state index in [0.29, 0.717) is 67.9 Å². The molecule has 9 aromatic rings. The Hall–Kier alpha value is -6.44. The summed E-state index contributed by atoms with van der Waals surface area (Å²) in [6, 6.07) is 45.9. The van der Waals surface area contributed by atoms with E-state index in [9.17, 15) is 5.26 Å². The van der Waals surface area contributed by atoms with Crippen LogP contribution in [0.25, 0.3) is 77.8 Å². The van der Waals surface area contributed by atoms with Crippen LogP contribution in [0.15, 0.2) is 150 Å². The maximum Gasteiger partial charge on any atom is 0.130 e. The minimum atomic E-state index is -2.64. The van der Waals surface area contributed by atoms with Gasteiger partial charge in [0, 0.05) is 58.5 Å². The molecule has 0 aliphatic heterocycles. The normalized spacial score (nSPS) is 15.0. The van der Waals surface area contributed by atoms with Crippen LogP contribution in [0.2, 0.25) is 0 Å². The van der Waals surface area contributed by atoms with Crippen LogP contribution >= 0.6 is 0 Å². The Balaban J connectivity index is 0.000000247. The molecule has 0 unspecified atom stereocenters. The molecule has 0 aliphatic carbocycles. The molecule has 0 spiro atoms. The van der Waals surface area contributed by atoms with Crippen LogP contribution in [-0.2, 0) is 32.9 Å². The van der Waals surface area contributed by atoms with Crippen molar-refractivity contribution in [2.24, 2.45) is 10.8 Å². The molecule has 0 fully saturated rings. The summed E-state index contributed by atoms with van der Waals surface area (Å²) in [5.74, 6) is 0. The van der Waals surface area contributed by atoms with E-state index in [0.717, 1.165) is 21.9 Å². The first-order valence-electron chi connectivity index (χ1n) is 27.1. The Labute approximate surface area is 415 Å². The van der Waals surface area contributed by atoms with Gasteiger partial charge in [0.15, 0.2) is 0 Å². The van der Waals surface area contributed by atoms with Gasteiger partial charge in [-0.3, -0.25) is 0 Å². The minimum absolute atomic E-state index is 0. The van der Waals surface area contributed by atoms with E-state index in [2.05, 4.69) is 28.2 Å². The Morgan fingerprint density at radius 2 is 1.37 bits per heavy atom. The van der Waals surface area contributed by atoms with Gasteiger partial charge < -0.3 is 14.4 Å². The van der Waals surface area contributed by atoms with E-state index in [1.807, 2.05) is 114 Å². The van der Waals surface area contributed by atoms with Crippen LogP contribution in [0.1, 0.15) is 91.4 Å². The zero-order valence-corrected chi connectivity index (χ0v) is 39.5. The Bertz CT molecular complexity index is 3640. The van der Waals surface area contributed by atoms with Crippen LogP contribution in [0.5, 0.6) is 0 Å². The SMILES string of the molecule is [2H]C([2H])([2H])c1c[c-]c(-c2ccc(C([2H])([2H])C(C)(C)C)cn2)cc1-c1ccccc1.[2H]c1cc(CC(C)(C)C)cc(C([2H])([2H])[2H])c1-c1cc(-c2[c-]ccc3c2oc2c(-c4ccccc4)c(C#N)ccc23)ncc1C([2H])([2H])[2H].[Ir]. The molecule has 5 heteroatoms. The molecule has 0 saturated heterocycles. The summed E-state index contributed by atoms with van der Waals surface area (Å²) in [6.07, 6.45) is 1.79. The van der Waals surface area contributed by atoms with Crippen LogP contribution in [-0.4, -0.2) is 9.97 Å². The van der Waals surface area contributed by atoms with Gasteiger partial charge in [-0.15, -0.1) is 47.5 Å². The van der Waals surface area contributed by atoms with Crippen molar-refractivity contribution in [1.29, 1.82) is 5.26 Å². The summed E-state index contributed by atoms with van der Waals surface area (Å²) in [5.41, 5.74) is 6.89. The van der Waals surface area contributed by atoms with Gasteiger partial charge in [0.2, 0.25) is 0 Å². The largest absolute Gasteiger partial charge is 0.500 e. The van der Waals surface area contributed by atoms with Crippen molar-refractivity contribution in [3.63, 3.8) is 0 Å². The molecule has 327 valence electrons. The van der Waals surface area contributed by atoms with Gasteiger partial charge in [-0.1, -0.05) is 168 Å². The predicted molar refractivity (Wildman–Crippen MR) is 266 cm³/mol. The monoisotopic (exact) mass is 1040 g/mol. The van der Waals surface area contributed by atoms with E-state index in [4.69, 9.17) is 20.9 Å². The van der Waals surface area contributed by atoms with Gasteiger partial charge in [-0.2, -0.15) is 5.26 Å². The number of aryl methyl sites for hydroxylation is 3. The Kier molecular flexibility index (Phi) is 9.85. The molecule has 1 radical (unpaired) electrons. The van der Waals surface area contributed by atoms with E-state index in [1.165, 1.54) is 18.3 Å². The van der Waals surface area contributed by atoms with Crippen molar-refractivity contribution in [1.82, 2.24) is 9.97 Å². The summed E-state index contributed by atoms with van der Waals surface area (Å²) < 4.78 is 106. The predicted octanol–water partition coefficient (Wildman–Crippen LogP) is 16.0. The van der Waals surface area contributed by atoms with Crippen molar-refractivity contribution in [2.45, 2.75) is 74.9 Å². The summed E-state index contributed by atoms with van der Waals surface area (Å²) >= 11 is 0. The third-order valence-corrected chi connectivity index (χ3v) is 10.5. The molecule has 6 aromatic carbocycles. The standard InChI is InChI=1S/C37H31N2O.C23H24N.Ir/c1-23-18-25(20-37(3,4)5)14-16-28(23)32-19-33(39-22-24(32)2)31-13-9-12-29-30-17-15-27(21-38)34(36(30)40-35(29)31)26-10-7-6-8-11-26;1-17-10-12-20(14-21(17)19-8-6-5-7-9-19)22-13-11-18(16-24-22)15-23(2,3)4;/h6-12,14-19,22H,20H2,1-5H3;5-11,13-14,16H,15H2,1-4H3;/q2*-1;/i1D3,2D3,16D;1D3,15D2;. The molecule has 3 heterocycles. The van der Waals surface area contributed by atoms with Crippen molar-refractivity contribution in [3.05, 3.63) is 191 Å². The number of aromatic nitrogens is 2. The van der Waals surface area contributed by atoms with Gasteiger partial charge in [-0.05, 0) is 99.3 Å². The average Bonchev–Trinajstić information content (AvgIpc) is 3.87. The smallest absolute Gasteiger partial charge is 0.130 e. The fraction of sp³-hybridized carbons (Fsp3) is 0.217. The molecule has 0 N–H and O–H groups in total. The number of fused-ring (bicyclic) bond motifs is 3. The molecular weight excluding hydrogens is 971 g/mol. The molecule has 0 bridgehead atoms. The molecule has 0 aliphatic rings. The number of hydrogen-bond donors (Lipinski definition) is 0. The number of nitriles is 1. The molecule has 9 rings (SSSR count). The van der Waals surface area contributed by atoms with Crippen molar-refractivity contribution >= 4 is 21.9 Å². The number of nitrogens with zero attached hydrogens (tertiary/aromatic N) is 3. The number of hydrogen-bond acceptors (Lipinski definition) is 4.